The molecule has 1 N–H and O–H groups in total. The molecule has 0 aliphatic rings. The fourth-order valence-electron chi connectivity index (χ4n) is 1.44. The Morgan fingerprint density at radius 2 is 2.29 bits per heavy atom. The average Bonchev–Trinajstić information content (AvgIpc) is 2.78. The highest BCUT2D eigenvalue weighted by Gasteiger charge is 2.08. The Labute approximate surface area is 100 Å². The lowest BCUT2D eigenvalue weighted by molar-refractivity contribution is 0.374. The molecule has 5 heteroatoms. The molecule has 2 aromatic heterocycles. The van der Waals surface area contributed by atoms with Gasteiger partial charge in [-0.25, -0.2) is 0 Å². The van der Waals surface area contributed by atoms with Gasteiger partial charge in [0.1, 0.15) is 0 Å². The van der Waals surface area contributed by atoms with Crippen molar-refractivity contribution in [3.05, 3.63) is 30.4 Å². The molecule has 2 rings (SSSR count). The van der Waals surface area contributed by atoms with E-state index in [1.165, 1.54) is 0 Å². The fourth-order valence-corrected chi connectivity index (χ4v) is 1.44. The highest BCUT2D eigenvalue weighted by molar-refractivity contribution is 5.51. The first-order valence-corrected chi connectivity index (χ1v) is 5.72. The van der Waals surface area contributed by atoms with E-state index in [9.17, 15) is 0 Å². The molecule has 0 radical (unpaired) electrons. The van der Waals surface area contributed by atoms with Gasteiger partial charge in [-0.3, -0.25) is 4.98 Å². The second-order valence-electron chi connectivity index (χ2n) is 4.11. The molecule has 0 atom stereocenters. The van der Waals surface area contributed by atoms with Crippen molar-refractivity contribution < 1.29 is 4.52 Å². The minimum absolute atomic E-state index is 0.468. The largest absolute Gasteiger partial charge is 0.339 e. The molecule has 0 aliphatic carbocycles. The summed E-state index contributed by atoms with van der Waals surface area (Å²) in [5, 5.41) is 7.23. The summed E-state index contributed by atoms with van der Waals surface area (Å²) in [7, 11) is 0. The van der Waals surface area contributed by atoms with Crippen LogP contribution in [0.25, 0.3) is 11.4 Å². The zero-order chi connectivity index (χ0) is 12.1. The van der Waals surface area contributed by atoms with Gasteiger partial charge >= 0.3 is 0 Å². The van der Waals surface area contributed by atoms with Crippen LogP contribution >= 0.6 is 0 Å². The van der Waals surface area contributed by atoms with E-state index in [1.807, 2.05) is 12.1 Å². The normalized spacial score (nSPS) is 11.0. The van der Waals surface area contributed by atoms with Crippen LogP contribution in [0, 0.1) is 0 Å². The number of nitrogens with zero attached hydrogens (tertiary/aromatic N) is 3. The van der Waals surface area contributed by atoms with Crippen molar-refractivity contribution in [2.75, 3.05) is 6.54 Å². The quantitative estimate of drug-likeness (QED) is 0.849. The van der Waals surface area contributed by atoms with E-state index < -0.39 is 0 Å². The molecular weight excluding hydrogens is 216 g/mol. The van der Waals surface area contributed by atoms with Gasteiger partial charge in [0, 0.05) is 37.0 Å². The first-order chi connectivity index (χ1) is 8.25. The number of hydrogen-bond acceptors (Lipinski definition) is 5. The molecule has 0 unspecified atom stereocenters. The first kappa shape index (κ1) is 11.7. The topological polar surface area (TPSA) is 63.8 Å². The van der Waals surface area contributed by atoms with Crippen LogP contribution in [0.1, 0.15) is 19.7 Å². The maximum absolute atomic E-state index is 5.17. The Morgan fingerprint density at radius 1 is 1.41 bits per heavy atom. The molecule has 0 saturated heterocycles. The third kappa shape index (κ3) is 3.35. The molecule has 0 saturated carbocycles. The van der Waals surface area contributed by atoms with Gasteiger partial charge in [0.2, 0.25) is 11.7 Å². The molecule has 5 nitrogen and oxygen atoms in total. The molecule has 0 fully saturated rings. The van der Waals surface area contributed by atoms with E-state index in [-0.39, 0.29) is 0 Å². The lowest BCUT2D eigenvalue weighted by Crippen LogP contribution is -2.25. The van der Waals surface area contributed by atoms with Crippen LogP contribution in [-0.4, -0.2) is 27.7 Å². The van der Waals surface area contributed by atoms with E-state index in [0.29, 0.717) is 17.8 Å². The summed E-state index contributed by atoms with van der Waals surface area (Å²) in [5.41, 5.74) is 0.874. The third-order valence-corrected chi connectivity index (χ3v) is 2.28. The Balaban J connectivity index is 1.97. The molecule has 0 amide bonds. The smallest absolute Gasteiger partial charge is 0.228 e. The van der Waals surface area contributed by atoms with Crippen LogP contribution in [0.4, 0.5) is 0 Å². The predicted octanol–water partition coefficient (Wildman–Crippen LogP) is 1.67. The van der Waals surface area contributed by atoms with Gasteiger partial charge in [-0.05, 0) is 12.1 Å². The Morgan fingerprint density at radius 3 is 3.00 bits per heavy atom. The van der Waals surface area contributed by atoms with Crippen molar-refractivity contribution in [2.24, 2.45) is 0 Å². The number of hydrogen-bond donors (Lipinski definition) is 1. The second kappa shape index (κ2) is 5.54. The average molecular weight is 232 g/mol. The van der Waals surface area contributed by atoms with Crippen LogP contribution in [-0.2, 0) is 6.42 Å². The highest BCUT2D eigenvalue weighted by atomic mass is 16.5. The maximum atomic E-state index is 5.17. The number of rotatable bonds is 5. The number of nitrogens with one attached hydrogen (secondary N) is 1. The molecule has 17 heavy (non-hydrogen) atoms. The number of aromatic nitrogens is 3. The number of pyridine rings is 1. The minimum atomic E-state index is 0.468. The van der Waals surface area contributed by atoms with Crippen molar-refractivity contribution in [3.63, 3.8) is 0 Å². The van der Waals surface area contributed by atoms with E-state index in [0.717, 1.165) is 18.5 Å². The second-order valence-corrected chi connectivity index (χ2v) is 4.11. The maximum Gasteiger partial charge on any atom is 0.228 e. The lowest BCUT2D eigenvalue weighted by Gasteiger charge is -2.04. The summed E-state index contributed by atoms with van der Waals surface area (Å²) in [6, 6.07) is 4.23. The van der Waals surface area contributed by atoms with Gasteiger partial charge < -0.3 is 9.84 Å². The molecule has 90 valence electrons. The molecule has 0 aromatic carbocycles. The van der Waals surface area contributed by atoms with E-state index in [2.05, 4.69) is 34.3 Å². The van der Waals surface area contributed by atoms with E-state index in [4.69, 9.17) is 4.52 Å². The monoisotopic (exact) mass is 232 g/mol. The molecule has 0 aliphatic heterocycles. The predicted molar refractivity (Wildman–Crippen MR) is 64.4 cm³/mol. The van der Waals surface area contributed by atoms with Crippen molar-refractivity contribution in [1.82, 2.24) is 20.4 Å². The van der Waals surface area contributed by atoms with Crippen LogP contribution in [0.3, 0.4) is 0 Å². The summed E-state index contributed by atoms with van der Waals surface area (Å²) < 4.78 is 5.17. The summed E-state index contributed by atoms with van der Waals surface area (Å²) in [6.45, 7) is 5.05. The minimum Gasteiger partial charge on any atom is -0.339 e. The van der Waals surface area contributed by atoms with Gasteiger partial charge in [0.15, 0.2) is 0 Å². The molecule has 0 spiro atoms. The van der Waals surface area contributed by atoms with Gasteiger partial charge in [-0.2, -0.15) is 4.98 Å². The molecular formula is C12H16N4O. The Hall–Kier alpha value is -1.75. The summed E-state index contributed by atoms with van der Waals surface area (Å²) >= 11 is 0. The van der Waals surface area contributed by atoms with Crippen LogP contribution in [0.5, 0.6) is 0 Å². The summed E-state index contributed by atoms with van der Waals surface area (Å²) in [4.78, 5) is 8.34. The summed E-state index contributed by atoms with van der Waals surface area (Å²) in [5.74, 6) is 1.25. The van der Waals surface area contributed by atoms with Gasteiger partial charge in [0.25, 0.3) is 0 Å². The SMILES string of the molecule is CC(C)NCCc1nc(-c2cccnc2)no1. The highest BCUT2D eigenvalue weighted by Crippen LogP contribution is 2.13. The molecule has 2 heterocycles. The van der Waals surface area contributed by atoms with Crippen molar-refractivity contribution in [2.45, 2.75) is 26.3 Å². The Bertz CT molecular complexity index is 453. The zero-order valence-electron chi connectivity index (χ0n) is 10.1. The summed E-state index contributed by atoms with van der Waals surface area (Å²) in [6.07, 6.45) is 4.18. The van der Waals surface area contributed by atoms with Crippen molar-refractivity contribution in [1.29, 1.82) is 0 Å². The molecule has 0 bridgehead atoms. The lowest BCUT2D eigenvalue weighted by atomic mass is 10.3. The Kier molecular flexibility index (Phi) is 3.82. The first-order valence-electron chi connectivity index (χ1n) is 5.72. The van der Waals surface area contributed by atoms with E-state index in [1.54, 1.807) is 12.4 Å². The van der Waals surface area contributed by atoms with Crippen molar-refractivity contribution in [3.8, 4) is 11.4 Å². The van der Waals surface area contributed by atoms with Gasteiger partial charge in [-0.1, -0.05) is 19.0 Å². The van der Waals surface area contributed by atoms with Gasteiger partial charge in [-0.15, -0.1) is 0 Å². The van der Waals surface area contributed by atoms with Crippen molar-refractivity contribution >= 4 is 0 Å². The molecule has 2 aromatic rings. The zero-order valence-corrected chi connectivity index (χ0v) is 10.1. The van der Waals surface area contributed by atoms with Crippen LogP contribution < -0.4 is 5.32 Å². The van der Waals surface area contributed by atoms with Crippen LogP contribution in [0.2, 0.25) is 0 Å². The fraction of sp³-hybridized carbons (Fsp3) is 0.417. The third-order valence-electron chi connectivity index (χ3n) is 2.28. The standard InChI is InChI=1S/C12H16N4O/c1-9(2)14-7-5-11-15-12(16-17-11)10-4-3-6-13-8-10/h3-4,6,8-9,14H,5,7H2,1-2H3. The van der Waals surface area contributed by atoms with Crippen LogP contribution in [0.15, 0.2) is 29.0 Å². The van der Waals surface area contributed by atoms with Gasteiger partial charge in [0.05, 0.1) is 0 Å². The van der Waals surface area contributed by atoms with E-state index >= 15 is 0 Å².